The van der Waals surface area contributed by atoms with Gasteiger partial charge in [0, 0.05) is 5.41 Å². The summed E-state index contributed by atoms with van der Waals surface area (Å²) in [6.45, 7) is -0.168. The van der Waals surface area contributed by atoms with E-state index in [9.17, 15) is 15.3 Å². The van der Waals surface area contributed by atoms with E-state index in [4.69, 9.17) is 0 Å². The molecule has 0 saturated carbocycles. The Morgan fingerprint density at radius 3 is 1.70 bits per heavy atom. The second kappa shape index (κ2) is 6.55. The lowest BCUT2D eigenvalue weighted by atomic mass is 9.78. The number of aliphatic hydroxyl groups is 2. The van der Waals surface area contributed by atoms with Crippen molar-refractivity contribution >= 4 is 0 Å². The van der Waals surface area contributed by atoms with Gasteiger partial charge in [0.2, 0.25) is 0 Å². The van der Waals surface area contributed by atoms with Crippen molar-refractivity contribution in [2.75, 3.05) is 13.2 Å². The molecule has 0 amide bonds. The van der Waals surface area contributed by atoms with E-state index in [-0.39, 0.29) is 19.0 Å². The van der Waals surface area contributed by atoms with Crippen molar-refractivity contribution in [2.45, 2.75) is 12.8 Å². The number of aliphatic hydroxyl groups excluding tert-OH is 2. The van der Waals surface area contributed by atoms with Crippen molar-refractivity contribution < 1.29 is 15.3 Å². The van der Waals surface area contributed by atoms with Crippen molar-refractivity contribution in [2.24, 2.45) is 5.41 Å². The van der Waals surface area contributed by atoms with E-state index >= 15 is 0 Å². The van der Waals surface area contributed by atoms with Gasteiger partial charge in [-0.3, -0.25) is 0 Å². The Morgan fingerprint density at radius 1 is 0.700 bits per heavy atom. The predicted molar refractivity (Wildman–Crippen MR) is 78.6 cm³/mol. The molecule has 2 aromatic rings. The third-order valence-corrected chi connectivity index (χ3v) is 3.61. The molecular formula is C17H20O3. The zero-order valence-corrected chi connectivity index (χ0v) is 11.4. The second-order valence-electron chi connectivity index (χ2n) is 5.32. The maximum Gasteiger partial charge on any atom is 0.115 e. The summed E-state index contributed by atoms with van der Waals surface area (Å²) in [4.78, 5) is 0. The van der Waals surface area contributed by atoms with Crippen molar-refractivity contribution in [1.82, 2.24) is 0 Å². The highest BCUT2D eigenvalue weighted by Gasteiger charge is 2.29. The van der Waals surface area contributed by atoms with Crippen LogP contribution in [0.2, 0.25) is 0 Å². The Kier molecular flexibility index (Phi) is 4.77. The van der Waals surface area contributed by atoms with Gasteiger partial charge in [-0.15, -0.1) is 0 Å². The summed E-state index contributed by atoms with van der Waals surface area (Å²) in [5.41, 5.74) is 1.49. The van der Waals surface area contributed by atoms with E-state index < -0.39 is 5.41 Å². The summed E-state index contributed by atoms with van der Waals surface area (Å²) < 4.78 is 0. The highest BCUT2D eigenvalue weighted by molar-refractivity contribution is 5.27. The first-order chi connectivity index (χ1) is 9.67. The van der Waals surface area contributed by atoms with E-state index in [1.165, 1.54) is 0 Å². The Bertz CT molecular complexity index is 516. The standard InChI is InChI=1S/C17H20O3/c18-12-17(13-19,10-14-4-2-1-3-5-14)11-15-6-8-16(20)9-7-15/h1-9,18-20H,10-13H2. The third kappa shape index (κ3) is 3.59. The Hall–Kier alpha value is -1.84. The molecule has 0 fully saturated rings. The number of phenolic OH excluding ortho intramolecular Hbond substituents is 1. The molecule has 3 nitrogen and oxygen atoms in total. The molecule has 3 N–H and O–H groups in total. The van der Waals surface area contributed by atoms with Crippen LogP contribution >= 0.6 is 0 Å². The second-order valence-corrected chi connectivity index (χ2v) is 5.32. The summed E-state index contributed by atoms with van der Waals surface area (Å²) in [5.74, 6) is 0.218. The number of aromatic hydroxyl groups is 1. The average Bonchev–Trinajstić information content (AvgIpc) is 2.50. The molecule has 0 heterocycles. The zero-order valence-electron chi connectivity index (χ0n) is 11.4. The first kappa shape index (κ1) is 14.6. The lowest BCUT2D eigenvalue weighted by molar-refractivity contribution is 0.0548. The van der Waals surface area contributed by atoms with Crippen LogP contribution in [0.15, 0.2) is 54.6 Å². The molecule has 2 rings (SSSR count). The molecule has 20 heavy (non-hydrogen) atoms. The molecular weight excluding hydrogens is 252 g/mol. The van der Waals surface area contributed by atoms with E-state index in [0.29, 0.717) is 12.8 Å². The van der Waals surface area contributed by atoms with Crippen LogP contribution in [0.4, 0.5) is 0 Å². The number of benzene rings is 2. The minimum Gasteiger partial charge on any atom is -0.508 e. The van der Waals surface area contributed by atoms with Crippen LogP contribution in [0.3, 0.4) is 0 Å². The third-order valence-electron chi connectivity index (χ3n) is 3.61. The van der Waals surface area contributed by atoms with Crippen LogP contribution in [0.1, 0.15) is 11.1 Å². The monoisotopic (exact) mass is 272 g/mol. The predicted octanol–water partition coefficient (Wildman–Crippen LogP) is 2.15. The molecule has 0 aliphatic carbocycles. The lowest BCUT2D eigenvalue weighted by Crippen LogP contribution is -2.34. The Balaban J connectivity index is 2.18. The first-order valence-corrected chi connectivity index (χ1v) is 6.71. The zero-order chi connectivity index (χ0) is 14.4. The van der Waals surface area contributed by atoms with E-state index in [0.717, 1.165) is 11.1 Å². The number of rotatable bonds is 6. The first-order valence-electron chi connectivity index (χ1n) is 6.71. The summed E-state index contributed by atoms with van der Waals surface area (Å²) in [6, 6.07) is 16.7. The number of hydrogen-bond acceptors (Lipinski definition) is 3. The maximum atomic E-state index is 9.74. The van der Waals surface area contributed by atoms with Crippen molar-refractivity contribution in [3.63, 3.8) is 0 Å². The SMILES string of the molecule is OCC(CO)(Cc1ccccc1)Cc1ccc(O)cc1. The molecule has 0 bridgehead atoms. The molecule has 0 radical (unpaired) electrons. The van der Waals surface area contributed by atoms with Crippen molar-refractivity contribution in [1.29, 1.82) is 0 Å². The van der Waals surface area contributed by atoms with Gasteiger partial charge in [0.15, 0.2) is 0 Å². The van der Waals surface area contributed by atoms with Crippen molar-refractivity contribution in [3.8, 4) is 5.75 Å². The van der Waals surface area contributed by atoms with Gasteiger partial charge in [0.25, 0.3) is 0 Å². The van der Waals surface area contributed by atoms with Gasteiger partial charge in [0.05, 0.1) is 13.2 Å². The normalized spacial score (nSPS) is 11.5. The molecule has 2 aromatic carbocycles. The quantitative estimate of drug-likeness (QED) is 0.755. The molecule has 3 heteroatoms. The summed E-state index contributed by atoms with van der Waals surface area (Å²) in [6.07, 6.45) is 1.18. The van der Waals surface area contributed by atoms with Crippen LogP contribution in [-0.4, -0.2) is 28.5 Å². The number of phenols is 1. The van der Waals surface area contributed by atoms with Crippen LogP contribution in [0.25, 0.3) is 0 Å². The Labute approximate surface area is 119 Å². The molecule has 0 atom stereocenters. The molecule has 0 spiro atoms. The van der Waals surface area contributed by atoms with Gasteiger partial charge in [-0.1, -0.05) is 42.5 Å². The van der Waals surface area contributed by atoms with Gasteiger partial charge in [-0.05, 0) is 36.1 Å². The van der Waals surface area contributed by atoms with Gasteiger partial charge in [-0.25, -0.2) is 0 Å². The molecule has 0 unspecified atom stereocenters. The molecule has 0 saturated heterocycles. The highest BCUT2D eigenvalue weighted by Crippen LogP contribution is 2.28. The highest BCUT2D eigenvalue weighted by atomic mass is 16.3. The molecule has 0 aliphatic rings. The molecule has 0 aromatic heterocycles. The average molecular weight is 272 g/mol. The van der Waals surface area contributed by atoms with Crippen LogP contribution in [0.5, 0.6) is 5.75 Å². The van der Waals surface area contributed by atoms with E-state index in [1.54, 1.807) is 12.1 Å². The molecule has 0 aliphatic heterocycles. The smallest absolute Gasteiger partial charge is 0.115 e. The van der Waals surface area contributed by atoms with Gasteiger partial charge >= 0.3 is 0 Å². The van der Waals surface area contributed by atoms with Gasteiger partial charge < -0.3 is 15.3 Å². The van der Waals surface area contributed by atoms with E-state index in [2.05, 4.69) is 0 Å². The van der Waals surface area contributed by atoms with Gasteiger partial charge in [0.1, 0.15) is 5.75 Å². The van der Waals surface area contributed by atoms with Crippen molar-refractivity contribution in [3.05, 3.63) is 65.7 Å². The van der Waals surface area contributed by atoms with Crippen LogP contribution < -0.4 is 0 Å². The maximum absolute atomic E-state index is 9.74. The minimum atomic E-state index is -0.585. The molecule has 106 valence electrons. The fraction of sp³-hybridized carbons (Fsp3) is 0.294. The summed E-state index contributed by atoms with van der Waals surface area (Å²) >= 11 is 0. The topological polar surface area (TPSA) is 60.7 Å². The largest absolute Gasteiger partial charge is 0.508 e. The summed E-state index contributed by atoms with van der Waals surface area (Å²) in [5, 5.41) is 28.8. The van der Waals surface area contributed by atoms with Gasteiger partial charge in [-0.2, -0.15) is 0 Å². The lowest BCUT2D eigenvalue weighted by Gasteiger charge is -2.30. The van der Waals surface area contributed by atoms with E-state index in [1.807, 2.05) is 42.5 Å². The van der Waals surface area contributed by atoms with Crippen LogP contribution in [0, 0.1) is 5.41 Å². The number of hydrogen-bond donors (Lipinski definition) is 3. The Morgan fingerprint density at radius 2 is 1.20 bits per heavy atom. The minimum absolute atomic E-state index is 0.0841. The fourth-order valence-electron chi connectivity index (χ4n) is 2.41. The summed E-state index contributed by atoms with van der Waals surface area (Å²) in [7, 11) is 0. The van der Waals surface area contributed by atoms with Crippen LogP contribution in [-0.2, 0) is 12.8 Å². The fourth-order valence-corrected chi connectivity index (χ4v) is 2.41.